The zero-order chi connectivity index (χ0) is 16.4. The summed E-state index contributed by atoms with van der Waals surface area (Å²) in [5, 5.41) is 10.9. The molecule has 4 fully saturated rings. The number of aliphatic hydroxyl groups excluding tert-OH is 1. The molecule has 23 heavy (non-hydrogen) atoms. The van der Waals surface area contributed by atoms with Crippen LogP contribution in [0.25, 0.3) is 0 Å². The quantitative estimate of drug-likeness (QED) is 0.902. The van der Waals surface area contributed by atoms with Gasteiger partial charge in [-0.15, -0.1) is 0 Å². The standard InChI is InChI=1S/C19H24ClNO2/c1-18(2)11-21(10-15(18)22)17(23)16-12-7-8-19(16,9-12)13-3-5-14(20)6-4-13/h3-6,12,15-16,22H,7-11H2,1-2H3/t12-,15?,16+,19+/m1/s1. The Hall–Kier alpha value is -1.06. The van der Waals surface area contributed by atoms with Gasteiger partial charge < -0.3 is 10.0 Å². The summed E-state index contributed by atoms with van der Waals surface area (Å²) in [4.78, 5) is 15.1. The van der Waals surface area contributed by atoms with Crippen LogP contribution in [0.3, 0.4) is 0 Å². The summed E-state index contributed by atoms with van der Waals surface area (Å²) in [5.41, 5.74) is 1.06. The largest absolute Gasteiger partial charge is 0.391 e. The van der Waals surface area contributed by atoms with E-state index < -0.39 is 6.10 Å². The van der Waals surface area contributed by atoms with Crippen LogP contribution in [-0.2, 0) is 10.2 Å². The molecular weight excluding hydrogens is 310 g/mol. The number of amides is 1. The number of β-amino-alcohol motifs (C(OH)–C–C–N with tert-alkyl or cyclic N) is 1. The second kappa shape index (κ2) is 4.97. The van der Waals surface area contributed by atoms with E-state index in [1.807, 2.05) is 30.9 Å². The SMILES string of the molecule is CC1(C)CN(C(=O)[C@@H]2[C@@H]3CC[C@@]2(c2ccc(Cl)cc2)C3)CC1O. The van der Waals surface area contributed by atoms with E-state index >= 15 is 0 Å². The fourth-order valence-electron chi connectivity index (χ4n) is 5.12. The average Bonchev–Trinajstić information content (AvgIpc) is 3.13. The molecule has 4 heteroatoms. The number of nitrogens with zero attached hydrogens (tertiary/aromatic N) is 1. The van der Waals surface area contributed by atoms with Gasteiger partial charge in [0.25, 0.3) is 0 Å². The van der Waals surface area contributed by atoms with E-state index in [9.17, 15) is 9.90 Å². The summed E-state index contributed by atoms with van der Waals surface area (Å²) in [6.07, 6.45) is 2.93. The van der Waals surface area contributed by atoms with Crippen molar-refractivity contribution in [3.63, 3.8) is 0 Å². The first-order valence-electron chi connectivity index (χ1n) is 8.56. The highest BCUT2D eigenvalue weighted by Crippen LogP contribution is 2.64. The van der Waals surface area contributed by atoms with Crippen LogP contribution in [-0.4, -0.2) is 35.1 Å². The molecule has 0 spiro atoms. The maximum absolute atomic E-state index is 13.2. The number of hydrogen-bond acceptors (Lipinski definition) is 2. The van der Waals surface area contributed by atoms with Crippen molar-refractivity contribution in [2.45, 2.75) is 44.6 Å². The molecule has 1 aromatic carbocycles. The van der Waals surface area contributed by atoms with Gasteiger partial charge in [-0.1, -0.05) is 37.6 Å². The average molecular weight is 334 g/mol. The number of fused-ring (bicyclic) bond motifs is 1. The molecule has 3 saturated carbocycles. The number of carbonyl (C=O) groups excluding carboxylic acids is 1. The number of hydrogen-bond donors (Lipinski definition) is 1. The maximum atomic E-state index is 13.2. The second-order valence-corrected chi connectivity index (χ2v) is 8.80. The van der Waals surface area contributed by atoms with Gasteiger partial charge in [-0.25, -0.2) is 0 Å². The Morgan fingerprint density at radius 3 is 2.57 bits per heavy atom. The Labute approximate surface area is 142 Å². The molecule has 2 bridgehead atoms. The summed E-state index contributed by atoms with van der Waals surface area (Å²) < 4.78 is 0. The highest BCUT2D eigenvalue weighted by atomic mass is 35.5. The lowest BCUT2D eigenvalue weighted by Gasteiger charge is -2.48. The predicted molar refractivity (Wildman–Crippen MR) is 90.3 cm³/mol. The van der Waals surface area contributed by atoms with E-state index in [-0.39, 0.29) is 22.7 Å². The molecule has 1 heterocycles. The molecule has 1 aromatic rings. The van der Waals surface area contributed by atoms with Gasteiger partial charge in [-0.2, -0.15) is 0 Å². The minimum absolute atomic E-state index is 0.00399. The van der Waals surface area contributed by atoms with Crippen molar-refractivity contribution >= 4 is 17.5 Å². The third-order valence-electron chi connectivity index (χ3n) is 6.55. The van der Waals surface area contributed by atoms with E-state index in [1.165, 1.54) is 5.56 Å². The Balaban J connectivity index is 1.60. The van der Waals surface area contributed by atoms with Crippen LogP contribution >= 0.6 is 11.6 Å². The fourth-order valence-corrected chi connectivity index (χ4v) is 5.24. The first kappa shape index (κ1) is 15.5. The summed E-state index contributed by atoms with van der Waals surface area (Å²) in [6.45, 7) is 5.21. The van der Waals surface area contributed by atoms with E-state index in [4.69, 9.17) is 11.6 Å². The van der Waals surface area contributed by atoms with Gasteiger partial charge in [0, 0.05) is 28.9 Å². The Bertz CT molecular complexity index is 637. The molecule has 4 aliphatic rings. The van der Waals surface area contributed by atoms with Crippen LogP contribution in [0, 0.1) is 17.3 Å². The Morgan fingerprint density at radius 1 is 1.30 bits per heavy atom. The number of carbonyl (C=O) groups is 1. The molecule has 1 saturated heterocycles. The molecule has 4 atom stereocenters. The van der Waals surface area contributed by atoms with Gasteiger partial charge in [0.05, 0.1) is 12.0 Å². The molecule has 1 aliphatic heterocycles. The lowest BCUT2D eigenvalue weighted by atomic mass is 9.56. The van der Waals surface area contributed by atoms with Crippen LogP contribution in [0.5, 0.6) is 0 Å². The minimum atomic E-state index is -0.421. The molecule has 1 amide bonds. The van der Waals surface area contributed by atoms with Gasteiger partial charge >= 0.3 is 0 Å². The number of rotatable bonds is 2. The van der Waals surface area contributed by atoms with E-state index in [0.29, 0.717) is 19.0 Å². The minimum Gasteiger partial charge on any atom is -0.391 e. The lowest BCUT2D eigenvalue weighted by Crippen LogP contribution is -2.53. The second-order valence-electron chi connectivity index (χ2n) is 8.37. The molecule has 5 rings (SSSR count). The molecular formula is C19H24ClNO2. The molecule has 1 N–H and O–H groups in total. The predicted octanol–water partition coefficient (Wildman–Crippen LogP) is 3.24. The van der Waals surface area contributed by atoms with E-state index in [0.717, 1.165) is 24.3 Å². The van der Waals surface area contributed by atoms with Crippen molar-refractivity contribution in [3.05, 3.63) is 34.9 Å². The van der Waals surface area contributed by atoms with Gasteiger partial charge in [0.1, 0.15) is 0 Å². The fraction of sp³-hybridized carbons (Fsp3) is 0.632. The van der Waals surface area contributed by atoms with Crippen LogP contribution in [0.4, 0.5) is 0 Å². The lowest BCUT2D eigenvalue weighted by molar-refractivity contribution is -0.143. The highest BCUT2D eigenvalue weighted by Gasteiger charge is 2.63. The summed E-state index contributed by atoms with van der Waals surface area (Å²) >= 11 is 6.02. The summed E-state index contributed by atoms with van der Waals surface area (Å²) in [7, 11) is 0. The van der Waals surface area contributed by atoms with Crippen molar-refractivity contribution in [2.24, 2.45) is 17.3 Å². The summed E-state index contributed by atoms with van der Waals surface area (Å²) in [6, 6.07) is 8.04. The maximum Gasteiger partial charge on any atom is 0.226 e. The number of likely N-dealkylation sites (tertiary alicyclic amines) is 1. The Morgan fingerprint density at radius 2 is 2.00 bits per heavy atom. The zero-order valence-corrected chi connectivity index (χ0v) is 14.5. The van der Waals surface area contributed by atoms with Crippen molar-refractivity contribution in [2.75, 3.05) is 13.1 Å². The number of benzene rings is 1. The zero-order valence-electron chi connectivity index (χ0n) is 13.8. The molecule has 3 nitrogen and oxygen atoms in total. The molecule has 0 aromatic heterocycles. The van der Waals surface area contributed by atoms with Gasteiger partial charge in [0.2, 0.25) is 5.91 Å². The molecule has 124 valence electrons. The van der Waals surface area contributed by atoms with Crippen molar-refractivity contribution < 1.29 is 9.90 Å². The van der Waals surface area contributed by atoms with Gasteiger partial charge in [-0.3, -0.25) is 4.79 Å². The third kappa shape index (κ3) is 2.16. The van der Waals surface area contributed by atoms with E-state index in [1.54, 1.807) is 0 Å². The third-order valence-corrected chi connectivity index (χ3v) is 6.80. The van der Waals surface area contributed by atoms with Crippen molar-refractivity contribution in [3.8, 4) is 0 Å². The first-order valence-corrected chi connectivity index (χ1v) is 8.94. The molecule has 0 radical (unpaired) electrons. The topological polar surface area (TPSA) is 40.5 Å². The van der Waals surface area contributed by atoms with Crippen LogP contribution < -0.4 is 0 Å². The number of halogens is 1. The molecule has 3 aliphatic carbocycles. The molecule has 1 unspecified atom stereocenters. The van der Waals surface area contributed by atoms with Gasteiger partial charge in [0.15, 0.2) is 0 Å². The van der Waals surface area contributed by atoms with Crippen LogP contribution in [0.2, 0.25) is 5.02 Å². The number of aliphatic hydroxyl groups is 1. The monoisotopic (exact) mass is 333 g/mol. The van der Waals surface area contributed by atoms with Crippen molar-refractivity contribution in [1.82, 2.24) is 4.90 Å². The van der Waals surface area contributed by atoms with E-state index in [2.05, 4.69) is 12.1 Å². The highest BCUT2D eigenvalue weighted by molar-refractivity contribution is 6.30. The van der Waals surface area contributed by atoms with Crippen molar-refractivity contribution in [1.29, 1.82) is 0 Å². The smallest absolute Gasteiger partial charge is 0.226 e. The van der Waals surface area contributed by atoms with Gasteiger partial charge in [-0.05, 0) is 42.9 Å². The summed E-state index contributed by atoms with van der Waals surface area (Å²) in [5.74, 6) is 0.849. The van der Waals surface area contributed by atoms with Crippen LogP contribution in [0.1, 0.15) is 38.7 Å². The van der Waals surface area contributed by atoms with Crippen LogP contribution in [0.15, 0.2) is 24.3 Å². The Kier molecular flexibility index (Phi) is 3.34. The first-order chi connectivity index (χ1) is 10.8. The normalized spacial score (nSPS) is 37.7.